The number of nitrogens with zero attached hydrogens (tertiary/aromatic N) is 2. The molecule has 0 aliphatic carbocycles. The Labute approximate surface area is 149 Å². The van der Waals surface area contributed by atoms with Gasteiger partial charge < -0.3 is 14.9 Å². The third-order valence-corrected chi connectivity index (χ3v) is 5.35. The molecule has 1 aliphatic heterocycles. The number of amides is 2. The number of thiophene rings is 1. The molecule has 0 radical (unpaired) electrons. The summed E-state index contributed by atoms with van der Waals surface area (Å²) in [6, 6.07) is 11.8. The largest absolute Gasteiger partial charge is 0.477 e. The lowest BCUT2D eigenvalue weighted by Gasteiger charge is -2.36. The fourth-order valence-electron chi connectivity index (χ4n) is 2.96. The van der Waals surface area contributed by atoms with Gasteiger partial charge in [-0.25, -0.2) is 4.79 Å². The fraction of sp³-hybridized carbons (Fsp3) is 0.278. The molecule has 130 valence electrons. The monoisotopic (exact) mass is 358 g/mol. The van der Waals surface area contributed by atoms with Crippen molar-refractivity contribution in [1.82, 2.24) is 4.90 Å². The summed E-state index contributed by atoms with van der Waals surface area (Å²) < 4.78 is 0. The van der Waals surface area contributed by atoms with Crippen LogP contribution in [-0.2, 0) is 4.79 Å². The Hall–Kier alpha value is -2.67. The van der Waals surface area contributed by atoms with Crippen LogP contribution >= 0.6 is 11.3 Å². The first-order chi connectivity index (χ1) is 12.0. The Morgan fingerprint density at radius 1 is 1.16 bits per heavy atom. The first kappa shape index (κ1) is 17.2. The van der Waals surface area contributed by atoms with Crippen LogP contribution in [0.25, 0.3) is 0 Å². The van der Waals surface area contributed by atoms with Gasteiger partial charge in [-0.05, 0) is 37.1 Å². The third kappa shape index (κ3) is 3.41. The molecule has 1 saturated heterocycles. The van der Waals surface area contributed by atoms with Gasteiger partial charge in [0, 0.05) is 19.3 Å². The minimum atomic E-state index is -1.06. The van der Waals surface area contributed by atoms with E-state index in [0.29, 0.717) is 17.8 Å². The van der Waals surface area contributed by atoms with E-state index in [4.69, 9.17) is 5.11 Å². The average Bonchev–Trinajstić information content (AvgIpc) is 3.12. The maximum absolute atomic E-state index is 12.9. The third-order valence-electron chi connectivity index (χ3n) is 4.29. The summed E-state index contributed by atoms with van der Waals surface area (Å²) in [7, 11) is 1.60. The molecule has 2 aromatic rings. The molecule has 2 amide bonds. The Bertz CT molecular complexity index is 802. The zero-order valence-electron chi connectivity index (χ0n) is 13.7. The number of para-hydroxylation sites is 1. The molecule has 6 nitrogen and oxygen atoms in total. The van der Waals surface area contributed by atoms with E-state index in [0.717, 1.165) is 23.4 Å². The van der Waals surface area contributed by atoms with Gasteiger partial charge in [0.15, 0.2) is 0 Å². The van der Waals surface area contributed by atoms with Crippen molar-refractivity contribution in [1.29, 1.82) is 0 Å². The molecule has 25 heavy (non-hydrogen) atoms. The number of anilines is 1. The van der Waals surface area contributed by atoms with Crippen molar-refractivity contribution in [3.8, 4) is 0 Å². The number of likely N-dealkylation sites (N-methyl/N-ethyl adjacent to an activating group) is 1. The number of hydrogen-bond donors (Lipinski definition) is 1. The highest BCUT2D eigenvalue weighted by atomic mass is 32.1. The van der Waals surface area contributed by atoms with Gasteiger partial charge in [-0.3, -0.25) is 9.59 Å². The van der Waals surface area contributed by atoms with Gasteiger partial charge >= 0.3 is 5.97 Å². The van der Waals surface area contributed by atoms with Gasteiger partial charge in [-0.15, -0.1) is 11.3 Å². The molecular formula is C18H18N2O4S. The van der Waals surface area contributed by atoms with E-state index in [1.807, 2.05) is 30.3 Å². The second-order valence-electron chi connectivity index (χ2n) is 5.87. The predicted octanol–water partition coefficient (Wildman–Crippen LogP) is 2.71. The summed E-state index contributed by atoms with van der Waals surface area (Å²) in [5, 5.41) is 8.99. The van der Waals surface area contributed by atoms with Crippen molar-refractivity contribution in [3.05, 3.63) is 52.2 Å². The zero-order valence-corrected chi connectivity index (χ0v) is 14.5. The van der Waals surface area contributed by atoms with Gasteiger partial charge in [0.05, 0.1) is 4.88 Å². The minimum absolute atomic E-state index is 0.108. The second-order valence-corrected chi connectivity index (χ2v) is 6.95. The Morgan fingerprint density at radius 3 is 2.48 bits per heavy atom. The van der Waals surface area contributed by atoms with Gasteiger partial charge in [-0.2, -0.15) is 0 Å². The van der Waals surface area contributed by atoms with E-state index in [1.54, 1.807) is 11.9 Å². The van der Waals surface area contributed by atoms with Crippen molar-refractivity contribution in [2.24, 2.45) is 0 Å². The Morgan fingerprint density at radius 2 is 1.84 bits per heavy atom. The van der Waals surface area contributed by atoms with Crippen LogP contribution in [0, 0.1) is 0 Å². The summed E-state index contributed by atoms with van der Waals surface area (Å²) in [4.78, 5) is 40.0. The topological polar surface area (TPSA) is 77.9 Å². The molecule has 1 unspecified atom stereocenters. The molecule has 2 heterocycles. The second kappa shape index (κ2) is 7.06. The molecule has 7 heteroatoms. The SMILES string of the molecule is CN(C(=O)c1ccc(C(=O)O)s1)C1CCCN(c2ccccc2)C1=O. The Kier molecular flexibility index (Phi) is 4.85. The number of piperidine rings is 1. The number of aromatic carboxylic acids is 1. The van der Waals surface area contributed by atoms with E-state index >= 15 is 0 Å². The molecule has 1 aromatic heterocycles. The van der Waals surface area contributed by atoms with Crippen LogP contribution in [0.3, 0.4) is 0 Å². The highest BCUT2D eigenvalue weighted by Gasteiger charge is 2.35. The molecule has 1 fully saturated rings. The molecule has 1 aromatic carbocycles. The first-order valence-corrected chi connectivity index (χ1v) is 8.77. The summed E-state index contributed by atoms with van der Waals surface area (Å²) >= 11 is 0.924. The molecule has 0 spiro atoms. The maximum atomic E-state index is 12.9. The van der Waals surface area contributed by atoms with Crippen molar-refractivity contribution < 1.29 is 19.5 Å². The summed E-state index contributed by atoms with van der Waals surface area (Å²) in [6.07, 6.45) is 1.40. The summed E-state index contributed by atoms with van der Waals surface area (Å²) in [5.74, 6) is -1.50. The highest BCUT2D eigenvalue weighted by molar-refractivity contribution is 7.15. The summed E-state index contributed by atoms with van der Waals surface area (Å²) in [5.41, 5.74) is 0.822. The molecule has 1 aliphatic rings. The lowest BCUT2D eigenvalue weighted by Crippen LogP contribution is -2.53. The normalized spacial score (nSPS) is 17.4. The van der Waals surface area contributed by atoms with E-state index < -0.39 is 12.0 Å². The van der Waals surface area contributed by atoms with Crippen molar-refractivity contribution >= 4 is 34.8 Å². The fourth-order valence-corrected chi connectivity index (χ4v) is 3.79. The van der Waals surface area contributed by atoms with Gasteiger partial charge in [0.2, 0.25) is 5.91 Å². The Balaban J connectivity index is 1.78. The van der Waals surface area contributed by atoms with Gasteiger partial charge in [-0.1, -0.05) is 18.2 Å². The number of rotatable bonds is 4. The van der Waals surface area contributed by atoms with Crippen LogP contribution < -0.4 is 4.90 Å². The molecule has 0 bridgehead atoms. The molecular weight excluding hydrogens is 340 g/mol. The number of hydrogen-bond acceptors (Lipinski definition) is 4. The summed E-state index contributed by atoms with van der Waals surface area (Å²) in [6.45, 7) is 0.629. The number of carbonyl (C=O) groups excluding carboxylic acids is 2. The van der Waals surface area contributed by atoms with E-state index in [-0.39, 0.29) is 16.7 Å². The molecule has 3 rings (SSSR count). The molecule has 0 saturated carbocycles. The lowest BCUT2D eigenvalue weighted by molar-refractivity contribution is -0.124. The van der Waals surface area contributed by atoms with Crippen LogP contribution in [0.4, 0.5) is 5.69 Å². The molecule has 1 atom stereocenters. The number of carboxylic acid groups (broad SMARTS) is 1. The first-order valence-electron chi connectivity index (χ1n) is 7.95. The van der Waals surface area contributed by atoms with Gasteiger partial charge in [0.1, 0.15) is 10.9 Å². The maximum Gasteiger partial charge on any atom is 0.345 e. The smallest absolute Gasteiger partial charge is 0.345 e. The van der Waals surface area contributed by atoms with Crippen LogP contribution in [0.2, 0.25) is 0 Å². The minimum Gasteiger partial charge on any atom is -0.477 e. The van der Waals surface area contributed by atoms with Gasteiger partial charge in [0.25, 0.3) is 5.91 Å². The lowest BCUT2D eigenvalue weighted by atomic mass is 10.0. The predicted molar refractivity (Wildman–Crippen MR) is 95.2 cm³/mol. The number of carboxylic acids is 1. The van der Waals surface area contributed by atoms with Crippen LogP contribution in [-0.4, -0.2) is 47.4 Å². The van der Waals surface area contributed by atoms with Crippen LogP contribution in [0.15, 0.2) is 42.5 Å². The quantitative estimate of drug-likeness (QED) is 0.911. The van der Waals surface area contributed by atoms with Crippen molar-refractivity contribution in [3.63, 3.8) is 0 Å². The van der Waals surface area contributed by atoms with Crippen molar-refractivity contribution in [2.45, 2.75) is 18.9 Å². The van der Waals surface area contributed by atoms with E-state index in [9.17, 15) is 14.4 Å². The molecule has 1 N–H and O–H groups in total. The highest BCUT2D eigenvalue weighted by Crippen LogP contribution is 2.25. The van der Waals surface area contributed by atoms with Crippen LogP contribution in [0.1, 0.15) is 32.2 Å². The standard InChI is InChI=1S/C18H18N2O4S/c1-19(17(22)14-9-10-15(25-14)18(23)24)13-8-5-11-20(16(13)21)12-6-3-2-4-7-12/h2-4,6-7,9-10,13H,5,8,11H2,1H3,(H,23,24). The number of carbonyl (C=O) groups is 3. The van der Waals surface area contributed by atoms with E-state index in [2.05, 4.69) is 0 Å². The number of benzene rings is 1. The average molecular weight is 358 g/mol. The van der Waals surface area contributed by atoms with Crippen molar-refractivity contribution in [2.75, 3.05) is 18.5 Å². The van der Waals surface area contributed by atoms with E-state index in [1.165, 1.54) is 17.0 Å². The van der Waals surface area contributed by atoms with Crippen LogP contribution in [0.5, 0.6) is 0 Å². The zero-order chi connectivity index (χ0) is 18.0.